The minimum absolute atomic E-state index is 0.340. The van der Waals surface area contributed by atoms with Crippen LogP contribution in [0.2, 0.25) is 0 Å². The first kappa shape index (κ1) is 9.16. The number of hydrogen-bond donors (Lipinski definition) is 0. The molecule has 0 aliphatic carbocycles. The SMILES string of the molecule is CCc1ccn(CC(C)(F)F)n1. The van der Waals surface area contributed by atoms with Crippen molar-refractivity contribution in [3.8, 4) is 0 Å². The Hall–Kier alpha value is -0.930. The molecule has 1 aromatic heterocycles. The van der Waals surface area contributed by atoms with Crippen LogP contribution in [0.15, 0.2) is 12.3 Å². The summed E-state index contributed by atoms with van der Waals surface area (Å²) in [6.45, 7) is 2.49. The molecule has 0 amide bonds. The second kappa shape index (κ2) is 3.21. The lowest BCUT2D eigenvalue weighted by atomic mass is 10.3. The molecule has 1 rings (SSSR count). The van der Waals surface area contributed by atoms with E-state index >= 15 is 0 Å². The lowest BCUT2D eigenvalue weighted by Crippen LogP contribution is -2.19. The second-order valence-corrected chi connectivity index (χ2v) is 2.93. The van der Waals surface area contributed by atoms with Crippen molar-refractivity contribution >= 4 is 0 Å². The molecule has 0 saturated carbocycles. The summed E-state index contributed by atoms with van der Waals surface area (Å²) in [6.07, 6.45) is 2.36. The van der Waals surface area contributed by atoms with E-state index in [1.54, 1.807) is 12.3 Å². The Morgan fingerprint density at radius 3 is 2.67 bits per heavy atom. The Labute approximate surface area is 70.2 Å². The zero-order valence-electron chi connectivity index (χ0n) is 7.22. The van der Waals surface area contributed by atoms with E-state index in [0.29, 0.717) is 0 Å². The minimum Gasteiger partial charge on any atom is -0.266 e. The normalized spacial score (nSPS) is 12.0. The largest absolute Gasteiger partial charge is 0.266 e. The van der Waals surface area contributed by atoms with Crippen molar-refractivity contribution in [3.05, 3.63) is 18.0 Å². The van der Waals surface area contributed by atoms with Gasteiger partial charge in [-0.2, -0.15) is 5.10 Å². The van der Waals surface area contributed by atoms with Gasteiger partial charge in [-0.1, -0.05) is 6.92 Å². The van der Waals surface area contributed by atoms with Gasteiger partial charge < -0.3 is 0 Å². The van der Waals surface area contributed by atoms with Gasteiger partial charge in [-0.05, 0) is 12.5 Å². The molecule has 0 N–H and O–H groups in total. The maximum Gasteiger partial charge on any atom is 0.264 e. The summed E-state index contributed by atoms with van der Waals surface area (Å²) in [5.74, 6) is -2.68. The molecule has 0 unspecified atom stereocenters. The highest BCUT2D eigenvalue weighted by atomic mass is 19.3. The number of nitrogens with zero attached hydrogens (tertiary/aromatic N) is 2. The number of halogens is 2. The van der Waals surface area contributed by atoms with Gasteiger partial charge >= 0.3 is 0 Å². The van der Waals surface area contributed by atoms with Crippen LogP contribution in [-0.4, -0.2) is 15.7 Å². The quantitative estimate of drug-likeness (QED) is 0.686. The van der Waals surface area contributed by atoms with Gasteiger partial charge in [0.2, 0.25) is 0 Å². The van der Waals surface area contributed by atoms with Gasteiger partial charge in [0.1, 0.15) is 6.54 Å². The average molecular weight is 174 g/mol. The predicted molar refractivity (Wildman–Crippen MR) is 42.2 cm³/mol. The molecular formula is C8H12F2N2. The fourth-order valence-electron chi connectivity index (χ4n) is 0.965. The number of hydrogen-bond acceptors (Lipinski definition) is 1. The third-order valence-electron chi connectivity index (χ3n) is 1.50. The zero-order chi connectivity index (χ0) is 9.19. The van der Waals surface area contributed by atoms with Crippen LogP contribution < -0.4 is 0 Å². The van der Waals surface area contributed by atoms with Gasteiger partial charge in [0.15, 0.2) is 0 Å². The molecule has 0 radical (unpaired) electrons. The Morgan fingerprint density at radius 1 is 1.58 bits per heavy atom. The van der Waals surface area contributed by atoms with Crippen LogP contribution in [0.1, 0.15) is 19.5 Å². The lowest BCUT2D eigenvalue weighted by Gasteiger charge is -2.09. The van der Waals surface area contributed by atoms with E-state index in [0.717, 1.165) is 19.0 Å². The molecule has 12 heavy (non-hydrogen) atoms. The van der Waals surface area contributed by atoms with Gasteiger partial charge in [0.05, 0.1) is 5.69 Å². The van der Waals surface area contributed by atoms with E-state index < -0.39 is 5.92 Å². The first-order valence-electron chi connectivity index (χ1n) is 3.91. The molecule has 0 aliphatic rings. The summed E-state index contributed by atoms with van der Waals surface area (Å²) in [5, 5.41) is 3.95. The van der Waals surface area contributed by atoms with Crippen LogP contribution in [0.5, 0.6) is 0 Å². The number of alkyl halides is 2. The summed E-state index contributed by atoms with van der Waals surface area (Å²) in [7, 11) is 0. The summed E-state index contributed by atoms with van der Waals surface area (Å²) in [5.41, 5.74) is 0.847. The molecule has 0 saturated heterocycles. The molecular weight excluding hydrogens is 162 g/mol. The number of aryl methyl sites for hydroxylation is 1. The molecule has 4 heteroatoms. The Morgan fingerprint density at radius 2 is 2.25 bits per heavy atom. The van der Waals surface area contributed by atoms with E-state index in [4.69, 9.17) is 0 Å². The van der Waals surface area contributed by atoms with Crippen molar-refractivity contribution in [2.24, 2.45) is 0 Å². The van der Waals surface area contributed by atoms with Crippen LogP contribution >= 0.6 is 0 Å². The highest BCUT2D eigenvalue weighted by Gasteiger charge is 2.21. The van der Waals surface area contributed by atoms with Crippen LogP contribution in [0, 0.1) is 0 Å². The van der Waals surface area contributed by atoms with Crippen LogP contribution in [-0.2, 0) is 13.0 Å². The highest BCUT2D eigenvalue weighted by Crippen LogP contribution is 2.13. The van der Waals surface area contributed by atoms with Crippen molar-refractivity contribution in [2.45, 2.75) is 32.7 Å². The summed E-state index contributed by atoms with van der Waals surface area (Å²) < 4.78 is 26.2. The predicted octanol–water partition coefficient (Wildman–Crippen LogP) is 2.10. The molecule has 2 nitrogen and oxygen atoms in total. The Kier molecular flexibility index (Phi) is 2.45. The van der Waals surface area contributed by atoms with Crippen molar-refractivity contribution in [1.29, 1.82) is 0 Å². The molecule has 0 aromatic carbocycles. The molecule has 1 heterocycles. The van der Waals surface area contributed by atoms with Crippen LogP contribution in [0.25, 0.3) is 0 Å². The van der Waals surface area contributed by atoms with E-state index in [-0.39, 0.29) is 6.54 Å². The summed E-state index contributed by atoms with van der Waals surface area (Å²) in [6, 6.07) is 1.76. The molecule has 0 aliphatic heterocycles. The molecule has 1 aromatic rings. The zero-order valence-corrected chi connectivity index (χ0v) is 7.22. The van der Waals surface area contributed by atoms with Crippen LogP contribution in [0.4, 0.5) is 8.78 Å². The standard InChI is InChI=1S/C8H12F2N2/c1-3-7-4-5-12(11-7)6-8(2,9)10/h4-5H,3,6H2,1-2H3. The fourth-order valence-corrected chi connectivity index (χ4v) is 0.965. The number of aromatic nitrogens is 2. The molecule has 0 atom stereocenters. The van der Waals surface area contributed by atoms with Gasteiger partial charge in [-0.25, -0.2) is 8.78 Å². The van der Waals surface area contributed by atoms with Crippen LogP contribution in [0.3, 0.4) is 0 Å². The monoisotopic (exact) mass is 174 g/mol. The van der Waals surface area contributed by atoms with E-state index in [1.807, 2.05) is 6.92 Å². The lowest BCUT2D eigenvalue weighted by molar-refractivity contribution is 0.000510. The fraction of sp³-hybridized carbons (Fsp3) is 0.625. The molecule has 0 bridgehead atoms. The Bertz CT molecular complexity index is 250. The number of rotatable bonds is 3. The maximum atomic E-state index is 12.5. The second-order valence-electron chi connectivity index (χ2n) is 2.93. The first-order chi connectivity index (χ1) is 5.51. The third kappa shape index (κ3) is 2.60. The molecule has 0 fully saturated rings. The van der Waals surface area contributed by atoms with Gasteiger partial charge in [0.25, 0.3) is 5.92 Å². The van der Waals surface area contributed by atoms with Gasteiger partial charge in [-0.3, -0.25) is 4.68 Å². The minimum atomic E-state index is -2.68. The van der Waals surface area contributed by atoms with Crippen molar-refractivity contribution < 1.29 is 8.78 Å². The smallest absolute Gasteiger partial charge is 0.264 e. The van der Waals surface area contributed by atoms with Crippen molar-refractivity contribution in [3.63, 3.8) is 0 Å². The van der Waals surface area contributed by atoms with E-state index in [9.17, 15) is 8.78 Å². The van der Waals surface area contributed by atoms with Gasteiger partial charge in [0, 0.05) is 13.1 Å². The Balaban J connectivity index is 2.64. The highest BCUT2D eigenvalue weighted by molar-refractivity contribution is 4.98. The topological polar surface area (TPSA) is 17.8 Å². The molecule has 0 spiro atoms. The first-order valence-corrected chi connectivity index (χ1v) is 3.91. The third-order valence-corrected chi connectivity index (χ3v) is 1.50. The van der Waals surface area contributed by atoms with Gasteiger partial charge in [-0.15, -0.1) is 0 Å². The maximum absolute atomic E-state index is 12.5. The van der Waals surface area contributed by atoms with Crippen molar-refractivity contribution in [2.75, 3.05) is 0 Å². The van der Waals surface area contributed by atoms with Crippen molar-refractivity contribution in [1.82, 2.24) is 9.78 Å². The van der Waals surface area contributed by atoms with E-state index in [1.165, 1.54) is 4.68 Å². The molecule has 68 valence electrons. The summed E-state index contributed by atoms with van der Waals surface area (Å²) in [4.78, 5) is 0. The van der Waals surface area contributed by atoms with E-state index in [2.05, 4.69) is 5.10 Å². The average Bonchev–Trinajstić information content (AvgIpc) is 2.32. The summed E-state index contributed by atoms with van der Waals surface area (Å²) >= 11 is 0.